The van der Waals surface area contributed by atoms with Crippen LogP contribution in [-0.2, 0) is 23.5 Å². The Morgan fingerprint density at radius 2 is 1.79 bits per heavy atom. The third-order valence-electron chi connectivity index (χ3n) is 8.04. The number of halogens is 1. The minimum Gasteiger partial charge on any atom is -0.507 e. The number of sulfonamides is 1. The van der Waals surface area contributed by atoms with E-state index in [1.165, 1.54) is 16.7 Å². The normalized spacial score (nSPS) is 14.3. The van der Waals surface area contributed by atoms with E-state index in [1.54, 1.807) is 43.4 Å². The fraction of sp³-hybridized carbons (Fsp3) is 0.206. The van der Waals surface area contributed by atoms with Crippen molar-refractivity contribution in [3.8, 4) is 5.75 Å². The van der Waals surface area contributed by atoms with Gasteiger partial charge in [0.25, 0.3) is 5.56 Å². The third-order valence-corrected chi connectivity index (χ3v) is 9.40. The predicted molar refractivity (Wildman–Crippen MR) is 168 cm³/mol. The highest BCUT2D eigenvalue weighted by Crippen LogP contribution is 2.41. The Hall–Kier alpha value is -4.47. The topological polar surface area (TPSA) is 104 Å². The molecule has 3 aromatic carbocycles. The van der Waals surface area contributed by atoms with Gasteiger partial charge in [-0.05, 0) is 66.3 Å². The molecule has 0 bridgehead atoms. The quantitative estimate of drug-likeness (QED) is 0.200. The van der Waals surface area contributed by atoms with Crippen LogP contribution in [0.3, 0.4) is 0 Å². The summed E-state index contributed by atoms with van der Waals surface area (Å²) in [5.41, 5.74) is 3.66. The molecule has 0 fully saturated rings. The molecule has 1 atom stereocenters. The van der Waals surface area contributed by atoms with Gasteiger partial charge in [-0.2, -0.15) is 0 Å². The lowest BCUT2D eigenvalue weighted by molar-refractivity contribution is 0.470. The molecule has 0 spiro atoms. The van der Waals surface area contributed by atoms with Crippen LogP contribution in [0.25, 0.3) is 21.8 Å². The summed E-state index contributed by atoms with van der Waals surface area (Å²) >= 11 is 0. The van der Waals surface area contributed by atoms with E-state index in [2.05, 4.69) is 9.71 Å². The summed E-state index contributed by atoms with van der Waals surface area (Å²) in [5, 5.41) is 13.0. The van der Waals surface area contributed by atoms with Crippen molar-refractivity contribution in [2.24, 2.45) is 7.05 Å². The fourth-order valence-electron chi connectivity index (χ4n) is 6.04. The minimum atomic E-state index is -3.60. The second-order valence-electron chi connectivity index (χ2n) is 10.9. The molecule has 1 unspecified atom stereocenters. The first-order chi connectivity index (χ1) is 20.7. The standard InChI is InChI=1S/C34H32FN3O4S/c1-38-29-17-8-6-15-27(29)33(39)31(34(38)40)30(23-12-9-13-24(35)20-23)32-26(25-14-5-7-16-28(25)37-32)18-19-36-43(41,42)21-22-10-3-2-4-11-22/h3,5-17,20,30,36-37,39H,2,4,18-19,21H2,1H3. The molecule has 3 N–H and O–H groups in total. The van der Waals surface area contributed by atoms with Gasteiger partial charge in [-0.1, -0.05) is 60.7 Å². The molecule has 0 saturated heterocycles. The van der Waals surface area contributed by atoms with Crippen LogP contribution in [0.15, 0.2) is 101 Å². The molecule has 5 aromatic rings. The van der Waals surface area contributed by atoms with Crippen LogP contribution in [0, 0.1) is 5.82 Å². The number of nitrogens with zero attached hydrogens (tertiary/aromatic N) is 1. The van der Waals surface area contributed by atoms with Crippen molar-refractivity contribution in [3.63, 3.8) is 0 Å². The number of aryl methyl sites for hydroxylation is 1. The molecule has 6 rings (SSSR count). The van der Waals surface area contributed by atoms with Gasteiger partial charge in [0.05, 0.1) is 22.8 Å². The van der Waals surface area contributed by atoms with E-state index in [-0.39, 0.29) is 23.6 Å². The summed E-state index contributed by atoms with van der Waals surface area (Å²) < 4.78 is 44.8. The van der Waals surface area contributed by atoms with Crippen LogP contribution in [-0.4, -0.2) is 35.4 Å². The molecule has 1 aliphatic rings. The average Bonchev–Trinajstić information content (AvgIpc) is 3.36. The van der Waals surface area contributed by atoms with E-state index in [9.17, 15) is 22.7 Å². The van der Waals surface area contributed by atoms with Crippen LogP contribution in [0.4, 0.5) is 4.39 Å². The Kier molecular flexibility index (Phi) is 7.77. The highest BCUT2D eigenvalue weighted by atomic mass is 32.2. The lowest BCUT2D eigenvalue weighted by atomic mass is 9.85. The van der Waals surface area contributed by atoms with E-state index in [1.807, 2.05) is 42.5 Å². The summed E-state index contributed by atoms with van der Waals surface area (Å²) in [6.45, 7) is 0.117. The van der Waals surface area contributed by atoms with Gasteiger partial charge in [0, 0.05) is 35.6 Å². The first kappa shape index (κ1) is 28.6. The molecule has 220 valence electrons. The molecule has 0 amide bonds. The van der Waals surface area contributed by atoms with Gasteiger partial charge in [0.1, 0.15) is 11.6 Å². The van der Waals surface area contributed by atoms with Crippen LogP contribution in [0.1, 0.15) is 41.1 Å². The maximum Gasteiger partial charge on any atom is 0.258 e. The summed E-state index contributed by atoms with van der Waals surface area (Å²) in [4.78, 5) is 17.4. The molecule has 9 heteroatoms. The molecule has 2 heterocycles. The number of para-hydroxylation sites is 2. The van der Waals surface area contributed by atoms with Crippen LogP contribution in [0.2, 0.25) is 0 Å². The van der Waals surface area contributed by atoms with Crippen LogP contribution in [0.5, 0.6) is 5.75 Å². The maximum atomic E-state index is 14.7. The molecule has 43 heavy (non-hydrogen) atoms. The largest absolute Gasteiger partial charge is 0.507 e. The zero-order valence-electron chi connectivity index (χ0n) is 23.7. The molecule has 1 aliphatic carbocycles. The third kappa shape index (κ3) is 5.66. The number of fused-ring (bicyclic) bond motifs is 2. The van der Waals surface area contributed by atoms with Gasteiger partial charge in [-0.3, -0.25) is 4.79 Å². The first-order valence-electron chi connectivity index (χ1n) is 14.2. The number of rotatable bonds is 9. The number of allylic oxidation sites excluding steroid dienone is 3. The lowest BCUT2D eigenvalue weighted by Crippen LogP contribution is -2.29. The van der Waals surface area contributed by atoms with Gasteiger partial charge >= 0.3 is 0 Å². The Morgan fingerprint density at radius 3 is 2.56 bits per heavy atom. The summed E-state index contributed by atoms with van der Waals surface area (Å²) in [6, 6.07) is 20.7. The SMILES string of the molecule is Cn1c(=O)c(C(c2cccc(F)c2)c2[nH]c3ccccc3c2CCNS(=O)(=O)CC2=CCCC=C2)c(O)c2ccccc21. The van der Waals surface area contributed by atoms with Gasteiger partial charge in [0.15, 0.2) is 0 Å². The zero-order chi connectivity index (χ0) is 30.1. The molecule has 7 nitrogen and oxygen atoms in total. The van der Waals surface area contributed by atoms with Crippen LogP contribution >= 0.6 is 0 Å². The van der Waals surface area contributed by atoms with Gasteiger partial charge in [0.2, 0.25) is 10.0 Å². The Bertz CT molecular complexity index is 2080. The van der Waals surface area contributed by atoms with Crippen molar-refractivity contribution in [1.29, 1.82) is 0 Å². The molecule has 0 radical (unpaired) electrons. The zero-order valence-corrected chi connectivity index (χ0v) is 24.5. The Balaban J connectivity index is 1.48. The average molecular weight is 598 g/mol. The monoisotopic (exact) mass is 597 g/mol. The number of hydrogen-bond donors (Lipinski definition) is 3. The van der Waals surface area contributed by atoms with Crippen molar-refractivity contribution >= 4 is 31.8 Å². The number of aromatic amines is 1. The molecule has 2 aromatic heterocycles. The van der Waals surface area contributed by atoms with Crippen LogP contribution < -0.4 is 10.3 Å². The van der Waals surface area contributed by atoms with Crippen molar-refractivity contribution < 1.29 is 17.9 Å². The van der Waals surface area contributed by atoms with Crippen molar-refractivity contribution in [3.05, 3.63) is 135 Å². The van der Waals surface area contributed by atoms with Gasteiger partial charge in [-0.25, -0.2) is 17.5 Å². The van der Waals surface area contributed by atoms with E-state index in [0.29, 0.717) is 28.6 Å². The van der Waals surface area contributed by atoms with E-state index in [0.717, 1.165) is 34.9 Å². The van der Waals surface area contributed by atoms with Crippen molar-refractivity contribution in [2.75, 3.05) is 12.3 Å². The number of nitrogens with one attached hydrogen (secondary N) is 2. The molecule has 0 aliphatic heterocycles. The lowest BCUT2D eigenvalue weighted by Gasteiger charge is -2.22. The Morgan fingerprint density at radius 1 is 1.02 bits per heavy atom. The van der Waals surface area contributed by atoms with E-state index < -0.39 is 27.3 Å². The summed E-state index contributed by atoms with van der Waals surface area (Å²) in [7, 11) is -1.95. The molecular formula is C34H32FN3O4S. The first-order valence-corrected chi connectivity index (χ1v) is 15.9. The number of H-pyrrole nitrogens is 1. The number of pyridine rings is 1. The maximum absolute atomic E-state index is 14.7. The van der Waals surface area contributed by atoms with Gasteiger partial charge < -0.3 is 14.7 Å². The van der Waals surface area contributed by atoms with Crippen molar-refractivity contribution in [1.82, 2.24) is 14.3 Å². The van der Waals surface area contributed by atoms with E-state index in [4.69, 9.17) is 0 Å². The van der Waals surface area contributed by atoms with Gasteiger partial charge in [-0.15, -0.1) is 0 Å². The smallest absolute Gasteiger partial charge is 0.258 e. The number of aromatic hydroxyl groups is 1. The molecule has 0 saturated carbocycles. The molecular weight excluding hydrogens is 565 g/mol. The highest BCUT2D eigenvalue weighted by molar-refractivity contribution is 7.89. The predicted octanol–water partition coefficient (Wildman–Crippen LogP) is 5.78. The Labute approximate surface area is 249 Å². The van der Waals surface area contributed by atoms with Crippen molar-refractivity contribution in [2.45, 2.75) is 25.2 Å². The minimum absolute atomic E-state index is 0.100. The number of benzene rings is 3. The highest BCUT2D eigenvalue weighted by Gasteiger charge is 2.30. The second kappa shape index (κ2) is 11.7. The number of aromatic nitrogens is 2. The second-order valence-corrected chi connectivity index (χ2v) is 12.7. The van der Waals surface area contributed by atoms with E-state index >= 15 is 0 Å². The number of hydrogen-bond acceptors (Lipinski definition) is 4. The summed E-state index contributed by atoms with van der Waals surface area (Å²) in [5.74, 6) is -1.62. The fourth-order valence-corrected chi connectivity index (χ4v) is 7.21. The summed E-state index contributed by atoms with van der Waals surface area (Å²) in [6.07, 6.45) is 7.79.